The molecule has 168 valence electrons. The van der Waals surface area contributed by atoms with Gasteiger partial charge in [0.05, 0.1) is 6.04 Å². The van der Waals surface area contributed by atoms with Gasteiger partial charge in [0.1, 0.15) is 0 Å². The van der Waals surface area contributed by atoms with Crippen molar-refractivity contribution in [3.63, 3.8) is 0 Å². The van der Waals surface area contributed by atoms with E-state index in [1.165, 1.54) is 22.3 Å². The molecule has 0 N–H and O–H groups in total. The quantitative estimate of drug-likeness (QED) is 0.733. The van der Waals surface area contributed by atoms with E-state index in [0.29, 0.717) is 13.1 Å². The molecule has 32 heavy (non-hydrogen) atoms. The van der Waals surface area contributed by atoms with E-state index in [0.717, 1.165) is 51.9 Å². The summed E-state index contributed by atoms with van der Waals surface area (Å²) in [4.78, 5) is 31.3. The summed E-state index contributed by atoms with van der Waals surface area (Å²) in [5, 5.41) is 0. The lowest BCUT2D eigenvalue weighted by Gasteiger charge is -2.42. The van der Waals surface area contributed by atoms with Gasteiger partial charge >= 0.3 is 0 Å². The molecule has 0 saturated carbocycles. The summed E-state index contributed by atoms with van der Waals surface area (Å²) in [5.41, 5.74) is 5.75. The van der Waals surface area contributed by atoms with Gasteiger partial charge in [-0.2, -0.15) is 0 Å². The van der Waals surface area contributed by atoms with Gasteiger partial charge in [-0.25, -0.2) is 0 Å². The van der Waals surface area contributed by atoms with Crippen LogP contribution in [0.4, 0.5) is 0 Å². The van der Waals surface area contributed by atoms with Gasteiger partial charge in [0.25, 0.3) is 0 Å². The number of carbonyl (C=O) groups is 2. The largest absolute Gasteiger partial charge is 0.343 e. The highest BCUT2D eigenvalue weighted by atomic mass is 16.2. The van der Waals surface area contributed by atoms with Crippen LogP contribution in [0.3, 0.4) is 0 Å². The molecule has 2 fully saturated rings. The molecule has 0 bridgehead atoms. The molecular weight excluding hydrogens is 398 g/mol. The van der Waals surface area contributed by atoms with Gasteiger partial charge in [-0.3, -0.25) is 14.5 Å². The third kappa shape index (κ3) is 4.06. The van der Waals surface area contributed by atoms with Crippen molar-refractivity contribution in [2.24, 2.45) is 5.92 Å². The van der Waals surface area contributed by atoms with Crippen molar-refractivity contribution < 1.29 is 9.59 Å². The fourth-order valence-corrected chi connectivity index (χ4v) is 5.79. The smallest absolute Gasteiger partial charge is 0.225 e. The second-order valence-electron chi connectivity index (χ2n) is 9.44. The number of hydrogen-bond donors (Lipinski definition) is 0. The number of rotatable bonds is 2. The fraction of sp³-hybridized carbons (Fsp3) is 0.481. The first-order valence-corrected chi connectivity index (χ1v) is 12.1. The lowest BCUT2D eigenvalue weighted by atomic mass is 9.92. The molecule has 2 aromatic carbocycles. The van der Waals surface area contributed by atoms with Crippen LogP contribution in [-0.2, 0) is 22.4 Å². The van der Waals surface area contributed by atoms with Gasteiger partial charge in [0, 0.05) is 52.1 Å². The highest BCUT2D eigenvalue weighted by Crippen LogP contribution is 2.37. The lowest BCUT2D eigenvalue weighted by Crippen LogP contribution is -2.52. The first kappa shape index (κ1) is 21.2. The van der Waals surface area contributed by atoms with E-state index in [2.05, 4.69) is 58.3 Å². The van der Waals surface area contributed by atoms with E-state index >= 15 is 0 Å². The molecule has 5 rings (SSSR count). The minimum Gasteiger partial charge on any atom is -0.343 e. The molecule has 5 nitrogen and oxygen atoms in total. The van der Waals surface area contributed by atoms with Gasteiger partial charge in [0.2, 0.25) is 11.8 Å². The lowest BCUT2D eigenvalue weighted by molar-refractivity contribution is -0.141. The van der Waals surface area contributed by atoms with Crippen molar-refractivity contribution in [1.82, 2.24) is 14.7 Å². The summed E-state index contributed by atoms with van der Waals surface area (Å²) >= 11 is 0. The van der Waals surface area contributed by atoms with E-state index in [4.69, 9.17) is 0 Å². The van der Waals surface area contributed by atoms with Gasteiger partial charge < -0.3 is 9.80 Å². The van der Waals surface area contributed by atoms with Crippen LogP contribution in [0.15, 0.2) is 48.5 Å². The molecule has 2 heterocycles. The SMILES string of the molecule is CC(=O)N1CCC(C(=O)N2CCN(C3c4ccccc4CCc4ccccc43)CC2)CC1. The normalized spacial score (nSPS) is 20.4. The Morgan fingerprint density at radius 1 is 0.719 bits per heavy atom. The number of piperazine rings is 1. The molecular formula is C27H33N3O2. The van der Waals surface area contributed by atoms with Crippen molar-refractivity contribution in [1.29, 1.82) is 0 Å². The van der Waals surface area contributed by atoms with Crippen LogP contribution in [0.2, 0.25) is 0 Å². The second kappa shape index (κ2) is 9.07. The van der Waals surface area contributed by atoms with E-state index in [1.807, 2.05) is 4.90 Å². The zero-order chi connectivity index (χ0) is 22.1. The third-order valence-corrected chi connectivity index (χ3v) is 7.64. The number of piperidine rings is 1. The summed E-state index contributed by atoms with van der Waals surface area (Å²) in [6, 6.07) is 18.0. The van der Waals surface area contributed by atoms with Crippen LogP contribution in [-0.4, -0.2) is 65.8 Å². The number of carbonyl (C=O) groups excluding carboxylic acids is 2. The minimum absolute atomic E-state index is 0.0662. The highest BCUT2D eigenvalue weighted by molar-refractivity contribution is 5.80. The average Bonchev–Trinajstić information content (AvgIpc) is 3.01. The van der Waals surface area contributed by atoms with Crippen LogP contribution in [0.25, 0.3) is 0 Å². The van der Waals surface area contributed by atoms with Crippen molar-refractivity contribution >= 4 is 11.8 Å². The maximum absolute atomic E-state index is 13.2. The molecule has 5 heteroatoms. The predicted molar refractivity (Wildman–Crippen MR) is 125 cm³/mol. The van der Waals surface area contributed by atoms with E-state index in [1.54, 1.807) is 6.92 Å². The third-order valence-electron chi connectivity index (χ3n) is 7.64. The van der Waals surface area contributed by atoms with Crippen molar-refractivity contribution in [2.75, 3.05) is 39.3 Å². The number of aryl methyl sites for hydroxylation is 2. The van der Waals surface area contributed by atoms with Crippen LogP contribution in [0.1, 0.15) is 48.1 Å². The Labute approximate surface area is 191 Å². The van der Waals surface area contributed by atoms with E-state index in [-0.39, 0.29) is 23.8 Å². The van der Waals surface area contributed by atoms with Crippen molar-refractivity contribution in [3.05, 3.63) is 70.8 Å². The van der Waals surface area contributed by atoms with Crippen molar-refractivity contribution in [3.8, 4) is 0 Å². The first-order chi connectivity index (χ1) is 15.6. The van der Waals surface area contributed by atoms with Crippen LogP contribution < -0.4 is 0 Å². The molecule has 2 aromatic rings. The first-order valence-electron chi connectivity index (χ1n) is 12.1. The number of likely N-dealkylation sites (tertiary alicyclic amines) is 1. The van der Waals surface area contributed by atoms with Gasteiger partial charge in [-0.05, 0) is 47.9 Å². The molecule has 0 radical (unpaired) electrons. The van der Waals surface area contributed by atoms with Crippen LogP contribution in [0, 0.1) is 5.92 Å². The Morgan fingerprint density at radius 2 is 1.25 bits per heavy atom. The van der Waals surface area contributed by atoms with Gasteiger partial charge in [-0.15, -0.1) is 0 Å². The molecule has 2 amide bonds. The van der Waals surface area contributed by atoms with Crippen LogP contribution >= 0.6 is 0 Å². The van der Waals surface area contributed by atoms with Gasteiger partial charge in [0.15, 0.2) is 0 Å². The second-order valence-corrected chi connectivity index (χ2v) is 9.44. The summed E-state index contributed by atoms with van der Waals surface area (Å²) in [6.45, 7) is 6.39. The molecule has 2 aliphatic heterocycles. The maximum atomic E-state index is 13.2. The summed E-state index contributed by atoms with van der Waals surface area (Å²) in [5.74, 6) is 0.472. The number of fused-ring (bicyclic) bond motifs is 2. The Hall–Kier alpha value is -2.66. The zero-order valence-corrected chi connectivity index (χ0v) is 19.0. The summed E-state index contributed by atoms with van der Waals surface area (Å²) < 4.78 is 0. The Balaban J connectivity index is 1.30. The van der Waals surface area contributed by atoms with Crippen molar-refractivity contribution in [2.45, 2.75) is 38.6 Å². The molecule has 0 unspecified atom stereocenters. The van der Waals surface area contributed by atoms with Crippen LogP contribution in [0.5, 0.6) is 0 Å². The maximum Gasteiger partial charge on any atom is 0.225 e. The Bertz CT molecular complexity index is 940. The fourth-order valence-electron chi connectivity index (χ4n) is 5.79. The number of amides is 2. The monoisotopic (exact) mass is 431 g/mol. The zero-order valence-electron chi connectivity index (χ0n) is 19.0. The molecule has 0 spiro atoms. The van der Waals surface area contributed by atoms with Gasteiger partial charge in [-0.1, -0.05) is 48.5 Å². The number of hydrogen-bond acceptors (Lipinski definition) is 3. The Kier molecular flexibility index (Phi) is 6.01. The van der Waals surface area contributed by atoms with E-state index in [9.17, 15) is 9.59 Å². The molecule has 1 aliphatic carbocycles. The number of nitrogens with zero attached hydrogens (tertiary/aromatic N) is 3. The minimum atomic E-state index is 0.0662. The molecule has 2 saturated heterocycles. The standard InChI is InChI=1S/C27H33N3O2/c1-20(31)28-14-12-23(13-15-28)27(32)30-18-16-29(17-19-30)26-24-8-4-2-6-21(24)10-11-22-7-3-5-9-25(22)26/h2-9,23,26H,10-19H2,1H3. The molecule has 0 atom stereocenters. The predicted octanol–water partition coefficient (Wildman–Crippen LogP) is 3.28. The van der Waals surface area contributed by atoms with E-state index < -0.39 is 0 Å². The number of benzene rings is 2. The highest BCUT2D eigenvalue weighted by Gasteiger charge is 2.34. The Morgan fingerprint density at radius 3 is 1.78 bits per heavy atom. The topological polar surface area (TPSA) is 43.9 Å². The molecule has 0 aromatic heterocycles. The summed E-state index contributed by atoms with van der Waals surface area (Å²) in [6.07, 6.45) is 3.76. The average molecular weight is 432 g/mol. The summed E-state index contributed by atoms with van der Waals surface area (Å²) in [7, 11) is 0. The molecule has 3 aliphatic rings.